The minimum atomic E-state index is -3.45. The van der Waals surface area contributed by atoms with Gasteiger partial charge < -0.3 is 5.73 Å². The summed E-state index contributed by atoms with van der Waals surface area (Å²) in [5.41, 5.74) is 5.66. The highest BCUT2D eigenvalue weighted by Crippen LogP contribution is 2.40. The molecule has 92 valence electrons. The van der Waals surface area contributed by atoms with Gasteiger partial charge in [0.15, 0.2) is 0 Å². The van der Waals surface area contributed by atoms with Gasteiger partial charge in [-0.2, -0.15) is 4.31 Å². The summed E-state index contributed by atoms with van der Waals surface area (Å²) in [6.07, 6.45) is 4.63. The molecule has 0 spiro atoms. The second kappa shape index (κ2) is 3.68. The minimum Gasteiger partial charge on any atom is -0.383 e. The third kappa shape index (κ3) is 1.63. The quantitative estimate of drug-likeness (QED) is 0.847. The summed E-state index contributed by atoms with van der Waals surface area (Å²) in [6.45, 7) is 0.640. The first-order valence-electron chi connectivity index (χ1n) is 5.81. The Morgan fingerprint density at radius 1 is 1.41 bits per heavy atom. The molecule has 0 aromatic carbocycles. The highest BCUT2D eigenvalue weighted by molar-refractivity contribution is 7.89. The lowest BCUT2D eigenvalue weighted by Gasteiger charge is -2.26. The van der Waals surface area contributed by atoms with Crippen LogP contribution in [0.25, 0.3) is 0 Å². The fourth-order valence-corrected chi connectivity index (χ4v) is 4.73. The van der Waals surface area contributed by atoms with Gasteiger partial charge in [-0.1, -0.05) is 0 Å². The number of hydrogen-bond acceptors (Lipinski definition) is 4. The number of nitrogen functional groups attached to an aromatic ring is 1. The number of nitrogens with zero attached hydrogens (tertiary/aromatic N) is 2. The summed E-state index contributed by atoms with van der Waals surface area (Å²) in [5, 5.41) is 0. The summed E-state index contributed by atoms with van der Waals surface area (Å²) in [6, 6.07) is 3.31. The first kappa shape index (κ1) is 11.0. The maximum absolute atomic E-state index is 12.5. The van der Waals surface area contributed by atoms with Crippen molar-refractivity contribution in [2.24, 2.45) is 5.92 Å². The van der Waals surface area contributed by atoms with Gasteiger partial charge in [-0.15, -0.1) is 0 Å². The number of pyridine rings is 1. The molecule has 2 fully saturated rings. The summed E-state index contributed by atoms with van der Waals surface area (Å²) in [4.78, 5) is 4.00. The van der Waals surface area contributed by atoms with Gasteiger partial charge in [-0.05, 0) is 37.3 Å². The molecule has 2 aliphatic rings. The Bertz CT molecular complexity index is 543. The smallest absolute Gasteiger partial charge is 0.246 e. The van der Waals surface area contributed by atoms with Crippen LogP contribution < -0.4 is 5.73 Å². The van der Waals surface area contributed by atoms with Crippen LogP contribution in [0, 0.1) is 5.92 Å². The SMILES string of the molecule is Nc1ncccc1S(=O)(=O)N1CC2CCC1C2. The van der Waals surface area contributed by atoms with Crippen LogP contribution in [0.1, 0.15) is 19.3 Å². The van der Waals surface area contributed by atoms with Crippen molar-refractivity contribution in [3.05, 3.63) is 18.3 Å². The average Bonchev–Trinajstić information content (AvgIpc) is 2.91. The lowest BCUT2D eigenvalue weighted by atomic mass is 10.1. The van der Waals surface area contributed by atoms with Gasteiger partial charge in [0, 0.05) is 18.8 Å². The van der Waals surface area contributed by atoms with E-state index in [1.54, 1.807) is 10.4 Å². The van der Waals surface area contributed by atoms with E-state index in [9.17, 15) is 8.42 Å². The van der Waals surface area contributed by atoms with Crippen LogP contribution in [0.15, 0.2) is 23.2 Å². The molecule has 6 heteroatoms. The zero-order chi connectivity index (χ0) is 12.0. The van der Waals surface area contributed by atoms with Crippen molar-refractivity contribution in [2.45, 2.75) is 30.2 Å². The summed E-state index contributed by atoms with van der Waals surface area (Å²) < 4.78 is 26.5. The molecule has 1 aromatic rings. The van der Waals surface area contributed by atoms with Crippen molar-refractivity contribution >= 4 is 15.8 Å². The molecule has 5 nitrogen and oxygen atoms in total. The number of piperidine rings is 1. The molecule has 1 aromatic heterocycles. The van der Waals surface area contributed by atoms with Crippen LogP contribution in [0.4, 0.5) is 5.82 Å². The molecule has 2 N–H and O–H groups in total. The summed E-state index contributed by atoms with van der Waals surface area (Å²) >= 11 is 0. The lowest BCUT2D eigenvalue weighted by molar-refractivity contribution is 0.333. The maximum atomic E-state index is 12.5. The van der Waals surface area contributed by atoms with Crippen molar-refractivity contribution in [3.63, 3.8) is 0 Å². The fourth-order valence-electron chi connectivity index (χ4n) is 2.92. The number of rotatable bonds is 2. The molecule has 1 saturated carbocycles. The predicted molar refractivity (Wildman–Crippen MR) is 63.7 cm³/mol. The molecule has 2 heterocycles. The molecule has 2 bridgehead atoms. The van der Waals surface area contributed by atoms with Gasteiger partial charge in [-0.3, -0.25) is 0 Å². The second-order valence-electron chi connectivity index (χ2n) is 4.79. The van der Waals surface area contributed by atoms with E-state index in [4.69, 9.17) is 5.73 Å². The number of hydrogen-bond donors (Lipinski definition) is 1. The second-order valence-corrected chi connectivity index (χ2v) is 6.65. The van der Waals surface area contributed by atoms with E-state index in [0.29, 0.717) is 12.5 Å². The Morgan fingerprint density at radius 3 is 2.82 bits per heavy atom. The Labute approximate surface area is 101 Å². The zero-order valence-electron chi connectivity index (χ0n) is 9.41. The minimum absolute atomic E-state index is 0.0928. The van der Waals surface area contributed by atoms with Crippen molar-refractivity contribution in [1.29, 1.82) is 0 Å². The van der Waals surface area contributed by atoms with E-state index in [0.717, 1.165) is 19.3 Å². The monoisotopic (exact) mass is 253 g/mol. The average molecular weight is 253 g/mol. The van der Waals surface area contributed by atoms with Crippen LogP contribution in [0.3, 0.4) is 0 Å². The van der Waals surface area contributed by atoms with E-state index in [1.165, 1.54) is 12.3 Å². The van der Waals surface area contributed by atoms with Crippen molar-refractivity contribution in [3.8, 4) is 0 Å². The Morgan fingerprint density at radius 2 is 2.24 bits per heavy atom. The van der Waals surface area contributed by atoms with Crippen LogP contribution in [0.5, 0.6) is 0 Å². The molecule has 0 radical (unpaired) electrons. The molecule has 17 heavy (non-hydrogen) atoms. The van der Waals surface area contributed by atoms with Gasteiger partial charge in [0.2, 0.25) is 10.0 Å². The lowest BCUT2D eigenvalue weighted by Crippen LogP contribution is -2.37. The van der Waals surface area contributed by atoms with E-state index >= 15 is 0 Å². The molecule has 1 saturated heterocycles. The first-order valence-corrected chi connectivity index (χ1v) is 7.25. The Hall–Kier alpha value is -1.14. The van der Waals surface area contributed by atoms with Crippen LogP contribution >= 0.6 is 0 Å². The third-order valence-corrected chi connectivity index (χ3v) is 5.71. The van der Waals surface area contributed by atoms with E-state index < -0.39 is 10.0 Å². The molecular weight excluding hydrogens is 238 g/mol. The summed E-state index contributed by atoms with van der Waals surface area (Å²) in [5.74, 6) is 0.628. The Balaban J connectivity index is 2.00. The number of nitrogens with two attached hydrogens (primary N) is 1. The third-order valence-electron chi connectivity index (χ3n) is 3.75. The number of fused-ring (bicyclic) bond motifs is 2. The van der Waals surface area contributed by atoms with Crippen molar-refractivity contribution in [2.75, 3.05) is 12.3 Å². The van der Waals surface area contributed by atoms with E-state index in [-0.39, 0.29) is 16.8 Å². The Kier molecular flexibility index (Phi) is 2.38. The van der Waals surface area contributed by atoms with Crippen LogP contribution in [-0.2, 0) is 10.0 Å². The standard InChI is InChI=1S/C11H15N3O2S/c12-11-10(2-1-5-13-11)17(15,16)14-7-8-3-4-9(14)6-8/h1-2,5,8-9H,3-4,6-7H2,(H2,12,13). The highest BCUT2D eigenvalue weighted by Gasteiger charge is 2.44. The van der Waals surface area contributed by atoms with Crippen LogP contribution in [0.2, 0.25) is 0 Å². The van der Waals surface area contributed by atoms with Gasteiger partial charge in [0.1, 0.15) is 10.7 Å². The first-order chi connectivity index (χ1) is 8.09. The summed E-state index contributed by atoms with van der Waals surface area (Å²) in [7, 11) is -3.45. The van der Waals surface area contributed by atoms with Gasteiger partial charge in [0.05, 0.1) is 0 Å². The highest BCUT2D eigenvalue weighted by atomic mass is 32.2. The predicted octanol–water partition coefficient (Wildman–Crippen LogP) is 0.837. The van der Waals surface area contributed by atoms with Crippen molar-refractivity contribution in [1.82, 2.24) is 9.29 Å². The number of aromatic nitrogens is 1. The molecule has 0 amide bonds. The number of sulfonamides is 1. The maximum Gasteiger partial charge on any atom is 0.246 e. The largest absolute Gasteiger partial charge is 0.383 e. The molecule has 2 unspecified atom stereocenters. The van der Waals surface area contributed by atoms with Crippen molar-refractivity contribution < 1.29 is 8.42 Å². The van der Waals surface area contributed by atoms with E-state index in [2.05, 4.69) is 4.98 Å². The zero-order valence-corrected chi connectivity index (χ0v) is 10.2. The van der Waals surface area contributed by atoms with Gasteiger partial charge in [-0.25, -0.2) is 13.4 Å². The molecular formula is C11H15N3O2S. The normalized spacial score (nSPS) is 28.7. The molecule has 1 aliphatic carbocycles. The number of anilines is 1. The van der Waals surface area contributed by atoms with Crippen LogP contribution in [-0.4, -0.2) is 30.3 Å². The fraction of sp³-hybridized carbons (Fsp3) is 0.545. The van der Waals surface area contributed by atoms with Gasteiger partial charge >= 0.3 is 0 Å². The molecule has 1 aliphatic heterocycles. The van der Waals surface area contributed by atoms with Gasteiger partial charge in [0.25, 0.3) is 0 Å². The van der Waals surface area contributed by atoms with E-state index in [1.807, 2.05) is 0 Å². The molecule has 3 rings (SSSR count). The topological polar surface area (TPSA) is 76.3 Å². The molecule has 2 atom stereocenters.